The normalized spacial score (nSPS) is 25.3. The smallest absolute Gasteiger partial charge is 0.394 e. The first-order chi connectivity index (χ1) is 7.02. The van der Waals surface area contributed by atoms with Crippen molar-refractivity contribution in [2.45, 2.75) is 18.4 Å². The van der Waals surface area contributed by atoms with Crippen molar-refractivity contribution in [2.75, 3.05) is 6.61 Å². The molecular weight excluding hydrogens is 209 g/mol. The van der Waals surface area contributed by atoms with Crippen LogP contribution in [0.3, 0.4) is 0 Å². The molecule has 2 nitrogen and oxygen atoms in total. The molecule has 82 valence electrons. The van der Waals surface area contributed by atoms with Crippen LogP contribution in [0.4, 0.5) is 13.2 Å². The summed E-state index contributed by atoms with van der Waals surface area (Å²) in [6.45, 7) is -0.105. The highest BCUT2D eigenvalue weighted by molar-refractivity contribution is 5.28. The number of hydrogen-bond donors (Lipinski definition) is 1. The largest absolute Gasteiger partial charge is 0.416 e. The zero-order valence-electron chi connectivity index (χ0n) is 7.66. The molecular formula is C10H9F3O2. The summed E-state index contributed by atoms with van der Waals surface area (Å²) in [4.78, 5) is 0. The number of aliphatic hydroxyl groups is 1. The summed E-state index contributed by atoms with van der Waals surface area (Å²) < 4.78 is 41.7. The van der Waals surface area contributed by atoms with Crippen LogP contribution in [0.5, 0.6) is 0 Å². The quantitative estimate of drug-likeness (QED) is 0.771. The Kier molecular flexibility index (Phi) is 2.44. The average molecular weight is 218 g/mol. The molecule has 0 bridgehead atoms. The number of benzene rings is 1. The topological polar surface area (TPSA) is 32.8 Å². The molecule has 0 aromatic heterocycles. The second-order valence-electron chi connectivity index (χ2n) is 3.40. The van der Waals surface area contributed by atoms with E-state index in [0.29, 0.717) is 5.56 Å². The maximum atomic E-state index is 12.2. The van der Waals surface area contributed by atoms with E-state index in [0.717, 1.165) is 12.1 Å². The highest BCUT2D eigenvalue weighted by Crippen LogP contribution is 2.39. The summed E-state index contributed by atoms with van der Waals surface area (Å²) in [5.74, 6) is 0. The van der Waals surface area contributed by atoms with E-state index in [1.807, 2.05) is 0 Å². The third-order valence-corrected chi connectivity index (χ3v) is 2.33. The van der Waals surface area contributed by atoms with Gasteiger partial charge in [-0.3, -0.25) is 0 Å². The molecule has 0 spiro atoms. The van der Waals surface area contributed by atoms with Crippen molar-refractivity contribution in [3.8, 4) is 0 Å². The minimum absolute atomic E-state index is 0.105. The van der Waals surface area contributed by atoms with Gasteiger partial charge in [0.1, 0.15) is 12.2 Å². The van der Waals surface area contributed by atoms with Crippen molar-refractivity contribution in [1.82, 2.24) is 0 Å². The molecule has 1 aliphatic rings. The van der Waals surface area contributed by atoms with Crippen LogP contribution < -0.4 is 0 Å². The lowest BCUT2D eigenvalue weighted by atomic mass is 10.1. The summed E-state index contributed by atoms with van der Waals surface area (Å²) in [7, 11) is 0. The Morgan fingerprint density at radius 1 is 1.20 bits per heavy atom. The molecule has 1 aliphatic heterocycles. The fourth-order valence-electron chi connectivity index (χ4n) is 1.44. The Hall–Kier alpha value is -1.07. The van der Waals surface area contributed by atoms with Gasteiger partial charge in [-0.1, -0.05) is 12.1 Å². The predicted octanol–water partition coefficient (Wildman–Crippen LogP) is 2.14. The van der Waals surface area contributed by atoms with Gasteiger partial charge in [0.25, 0.3) is 0 Å². The van der Waals surface area contributed by atoms with Crippen molar-refractivity contribution in [3.63, 3.8) is 0 Å². The summed E-state index contributed by atoms with van der Waals surface area (Å²) in [5, 5.41) is 8.72. The molecule has 0 saturated carbocycles. The Morgan fingerprint density at radius 3 is 2.20 bits per heavy atom. The maximum Gasteiger partial charge on any atom is 0.416 e. The summed E-state index contributed by atoms with van der Waals surface area (Å²) in [5.41, 5.74) is -0.00509. The van der Waals surface area contributed by atoms with Gasteiger partial charge in [0.15, 0.2) is 0 Å². The lowest BCUT2D eigenvalue weighted by Gasteiger charge is -2.06. The highest BCUT2D eigenvalue weighted by Gasteiger charge is 2.40. The first-order valence-corrected chi connectivity index (χ1v) is 4.46. The average Bonchev–Trinajstić information content (AvgIpc) is 2.95. The molecule has 5 heteroatoms. The lowest BCUT2D eigenvalue weighted by molar-refractivity contribution is -0.137. The van der Waals surface area contributed by atoms with Gasteiger partial charge in [0.2, 0.25) is 0 Å². The zero-order chi connectivity index (χ0) is 11.1. The molecule has 15 heavy (non-hydrogen) atoms. The van der Waals surface area contributed by atoms with Gasteiger partial charge >= 0.3 is 6.18 Å². The van der Waals surface area contributed by atoms with Crippen molar-refractivity contribution >= 4 is 0 Å². The Labute approximate surface area is 84.3 Å². The molecule has 0 radical (unpaired) electrons. The van der Waals surface area contributed by atoms with Crippen LogP contribution in [-0.2, 0) is 10.9 Å². The van der Waals surface area contributed by atoms with Crippen LogP contribution >= 0.6 is 0 Å². The molecule has 0 unspecified atom stereocenters. The van der Waals surface area contributed by atoms with Crippen LogP contribution in [-0.4, -0.2) is 17.8 Å². The summed E-state index contributed by atoms with van der Waals surface area (Å²) in [6, 6.07) is 4.79. The van der Waals surface area contributed by atoms with E-state index in [4.69, 9.17) is 9.84 Å². The molecule has 1 fully saturated rings. The Morgan fingerprint density at radius 2 is 1.80 bits per heavy atom. The van der Waals surface area contributed by atoms with E-state index in [-0.39, 0.29) is 18.8 Å². The van der Waals surface area contributed by atoms with Crippen LogP contribution in [0.15, 0.2) is 24.3 Å². The first kappa shape index (κ1) is 10.4. The third-order valence-electron chi connectivity index (χ3n) is 2.33. The number of hydrogen-bond acceptors (Lipinski definition) is 2. The van der Waals surface area contributed by atoms with Gasteiger partial charge in [-0.2, -0.15) is 13.2 Å². The number of halogens is 3. The van der Waals surface area contributed by atoms with Crippen LogP contribution in [0.1, 0.15) is 17.2 Å². The van der Waals surface area contributed by atoms with E-state index in [2.05, 4.69) is 0 Å². The van der Waals surface area contributed by atoms with Crippen molar-refractivity contribution in [3.05, 3.63) is 35.4 Å². The second kappa shape index (κ2) is 3.50. The van der Waals surface area contributed by atoms with E-state index < -0.39 is 11.7 Å². The predicted molar refractivity (Wildman–Crippen MR) is 46.1 cm³/mol. The van der Waals surface area contributed by atoms with Gasteiger partial charge in [-0.15, -0.1) is 0 Å². The monoisotopic (exact) mass is 218 g/mol. The highest BCUT2D eigenvalue weighted by atomic mass is 19.4. The van der Waals surface area contributed by atoms with E-state index in [1.165, 1.54) is 12.1 Å². The molecule has 1 aromatic carbocycles. The van der Waals surface area contributed by atoms with Gasteiger partial charge in [-0.05, 0) is 17.7 Å². The minimum Gasteiger partial charge on any atom is -0.394 e. The molecule has 2 atom stereocenters. The number of rotatable bonds is 2. The second-order valence-corrected chi connectivity index (χ2v) is 3.40. The Bertz CT molecular complexity index is 345. The van der Waals surface area contributed by atoms with Crippen molar-refractivity contribution in [2.24, 2.45) is 0 Å². The van der Waals surface area contributed by atoms with Gasteiger partial charge in [0.05, 0.1) is 12.2 Å². The molecule has 1 aromatic rings. The number of aliphatic hydroxyl groups excluding tert-OH is 1. The standard InChI is InChI=1S/C10H9F3O2/c11-10(12,13)7-3-1-6(2-4-7)9-8(5-14)15-9/h1-4,8-9,14H,5H2/t8-,9+/m1/s1. The fraction of sp³-hybridized carbons (Fsp3) is 0.400. The van der Waals surface area contributed by atoms with E-state index in [9.17, 15) is 13.2 Å². The first-order valence-electron chi connectivity index (χ1n) is 4.46. The van der Waals surface area contributed by atoms with Crippen molar-refractivity contribution < 1.29 is 23.0 Å². The number of epoxide rings is 1. The molecule has 1 saturated heterocycles. The minimum atomic E-state index is -4.31. The molecule has 1 heterocycles. The van der Waals surface area contributed by atoms with E-state index >= 15 is 0 Å². The lowest BCUT2D eigenvalue weighted by Crippen LogP contribution is -2.04. The summed E-state index contributed by atoms with van der Waals surface area (Å²) >= 11 is 0. The zero-order valence-corrected chi connectivity index (χ0v) is 7.66. The Balaban J connectivity index is 2.12. The number of ether oxygens (including phenoxy) is 1. The van der Waals surface area contributed by atoms with Gasteiger partial charge in [-0.25, -0.2) is 0 Å². The third kappa shape index (κ3) is 2.13. The summed E-state index contributed by atoms with van der Waals surface area (Å²) in [6.07, 6.45) is -4.82. The van der Waals surface area contributed by atoms with Crippen LogP contribution in [0.25, 0.3) is 0 Å². The van der Waals surface area contributed by atoms with E-state index in [1.54, 1.807) is 0 Å². The number of alkyl halides is 3. The molecule has 0 aliphatic carbocycles. The molecule has 2 rings (SSSR count). The molecule has 0 amide bonds. The van der Waals surface area contributed by atoms with Gasteiger partial charge < -0.3 is 9.84 Å². The van der Waals surface area contributed by atoms with Crippen LogP contribution in [0, 0.1) is 0 Å². The molecule has 1 N–H and O–H groups in total. The van der Waals surface area contributed by atoms with Crippen LogP contribution in [0.2, 0.25) is 0 Å². The van der Waals surface area contributed by atoms with Crippen molar-refractivity contribution in [1.29, 1.82) is 0 Å². The fourth-order valence-corrected chi connectivity index (χ4v) is 1.44. The van der Waals surface area contributed by atoms with Gasteiger partial charge in [0, 0.05) is 0 Å². The maximum absolute atomic E-state index is 12.2. The SMILES string of the molecule is OC[C@H]1O[C@H]1c1ccc(C(F)(F)F)cc1.